The van der Waals surface area contributed by atoms with Gasteiger partial charge in [0.15, 0.2) is 0 Å². The van der Waals surface area contributed by atoms with E-state index in [0.717, 1.165) is 58.8 Å². The van der Waals surface area contributed by atoms with Gasteiger partial charge in [0, 0.05) is 38.2 Å². The largest absolute Gasteiger partial charge is 0.381 e. The molecule has 16 heavy (non-hydrogen) atoms. The van der Waals surface area contributed by atoms with Crippen LogP contribution in [0, 0.1) is 5.41 Å². The monoisotopic (exact) mass is 228 g/mol. The highest BCUT2D eigenvalue weighted by atomic mass is 16.5. The van der Waals surface area contributed by atoms with E-state index in [1.54, 1.807) is 0 Å². The molecule has 2 N–H and O–H groups in total. The second-order valence-corrected chi connectivity index (χ2v) is 5.14. The second kappa shape index (κ2) is 5.45. The van der Waals surface area contributed by atoms with Crippen molar-refractivity contribution in [1.29, 1.82) is 0 Å². The highest BCUT2D eigenvalue weighted by Crippen LogP contribution is 2.29. The SMILES string of the molecule is CCC1CN(CC2(CN)CCOC2)CCO1. The molecule has 2 unspecified atom stereocenters. The molecule has 0 aromatic carbocycles. The van der Waals surface area contributed by atoms with Crippen LogP contribution in [-0.2, 0) is 9.47 Å². The highest BCUT2D eigenvalue weighted by Gasteiger charge is 2.36. The standard InChI is InChI=1S/C12H24N2O2/c1-2-11-7-14(4-6-16-11)9-12(8-13)3-5-15-10-12/h11H,2-10,13H2,1H3. The van der Waals surface area contributed by atoms with E-state index in [4.69, 9.17) is 15.2 Å². The Morgan fingerprint density at radius 2 is 2.31 bits per heavy atom. The number of hydrogen-bond donors (Lipinski definition) is 1. The van der Waals surface area contributed by atoms with Crippen molar-refractivity contribution >= 4 is 0 Å². The van der Waals surface area contributed by atoms with Crippen LogP contribution in [0.2, 0.25) is 0 Å². The first-order valence-corrected chi connectivity index (χ1v) is 6.40. The van der Waals surface area contributed by atoms with E-state index in [9.17, 15) is 0 Å². The molecule has 2 rings (SSSR count). The van der Waals surface area contributed by atoms with Gasteiger partial charge < -0.3 is 15.2 Å². The first kappa shape index (κ1) is 12.3. The molecule has 0 aliphatic carbocycles. The van der Waals surface area contributed by atoms with Crippen molar-refractivity contribution in [3.05, 3.63) is 0 Å². The Morgan fingerprint density at radius 3 is 2.94 bits per heavy atom. The summed E-state index contributed by atoms with van der Waals surface area (Å²) in [6, 6.07) is 0. The Labute approximate surface area is 98.1 Å². The molecule has 4 heteroatoms. The zero-order valence-corrected chi connectivity index (χ0v) is 10.3. The number of rotatable bonds is 4. The molecule has 2 atom stereocenters. The molecular formula is C12H24N2O2. The van der Waals surface area contributed by atoms with Crippen molar-refractivity contribution in [3.63, 3.8) is 0 Å². The van der Waals surface area contributed by atoms with Crippen LogP contribution in [0.3, 0.4) is 0 Å². The molecule has 0 aromatic rings. The Bertz CT molecular complexity index is 217. The average Bonchev–Trinajstić information content (AvgIpc) is 2.78. The minimum absolute atomic E-state index is 0.204. The molecule has 0 radical (unpaired) electrons. The molecule has 2 aliphatic rings. The maximum atomic E-state index is 5.92. The lowest BCUT2D eigenvalue weighted by molar-refractivity contribution is -0.0424. The fourth-order valence-corrected chi connectivity index (χ4v) is 2.65. The molecule has 0 saturated carbocycles. The van der Waals surface area contributed by atoms with Crippen molar-refractivity contribution < 1.29 is 9.47 Å². The van der Waals surface area contributed by atoms with Crippen molar-refractivity contribution in [3.8, 4) is 0 Å². The highest BCUT2D eigenvalue weighted by molar-refractivity contribution is 4.88. The van der Waals surface area contributed by atoms with Gasteiger partial charge in [-0.05, 0) is 12.8 Å². The number of hydrogen-bond acceptors (Lipinski definition) is 4. The summed E-state index contributed by atoms with van der Waals surface area (Å²) in [7, 11) is 0. The van der Waals surface area contributed by atoms with Crippen molar-refractivity contribution in [1.82, 2.24) is 4.90 Å². The molecule has 2 fully saturated rings. The Kier molecular flexibility index (Phi) is 4.19. The summed E-state index contributed by atoms with van der Waals surface area (Å²) in [6.45, 7) is 8.66. The maximum Gasteiger partial charge on any atom is 0.0700 e. The molecule has 0 aromatic heterocycles. The van der Waals surface area contributed by atoms with Gasteiger partial charge in [-0.25, -0.2) is 0 Å². The van der Waals surface area contributed by atoms with Gasteiger partial charge in [0.05, 0.1) is 19.3 Å². The third kappa shape index (κ3) is 2.74. The molecule has 2 saturated heterocycles. The summed E-state index contributed by atoms with van der Waals surface area (Å²) in [5.74, 6) is 0. The van der Waals surface area contributed by atoms with Gasteiger partial charge in [-0.1, -0.05) is 6.92 Å². The Balaban J connectivity index is 1.87. The molecule has 0 bridgehead atoms. The van der Waals surface area contributed by atoms with Crippen molar-refractivity contribution in [2.45, 2.75) is 25.9 Å². The summed E-state index contributed by atoms with van der Waals surface area (Å²) < 4.78 is 11.2. The summed E-state index contributed by atoms with van der Waals surface area (Å²) in [5, 5.41) is 0. The molecule has 0 amide bonds. The van der Waals surface area contributed by atoms with E-state index in [-0.39, 0.29) is 5.41 Å². The van der Waals surface area contributed by atoms with Crippen molar-refractivity contribution in [2.24, 2.45) is 11.1 Å². The van der Waals surface area contributed by atoms with Crippen LogP contribution in [0.25, 0.3) is 0 Å². The number of nitrogens with zero attached hydrogens (tertiary/aromatic N) is 1. The number of ether oxygens (including phenoxy) is 2. The maximum absolute atomic E-state index is 5.92. The van der Waals surface area contributed by atoms with Gasteiger partial charge in [-0.2, -0.15) is 0 Å². The van der Waals surface area contributed by atoms with Crippen LogP contribution in [-0.4, -0.2) is 57.0 Å². The zero-order valence-electron chi connectivity index (χ0n) is 10.3. The van der Waals surface area contributed by atoms with E-state index in [0.29, 0.717) is 6.10 Å². The topological polar surface area (TPSA) is 47.7 Å². The van der Waals surface area contributed by atoms with Gasteiger partial charge in [-0.3, -0.25) is 4.90 Å². The number of nitrogens with two attached hydrogens (primary N) is 1. The lowest BCUT2D eigenvalue weighted by Gasteiger charge is -2.38. The third-order valence-electron chi connectivity index (χ3n) is 3.86. The second-order valence-electron chi connectivity index (χ2n) is 5.14. The predicted octanol–water partition coefficient (Wildman–Crippen LogP) is 0.463. The minimum atomic E-state index is 0.204. The zero-order chi connectivity index (χ0) is 11.4. The van der Waals surface area contributed by atoms with E-state index >= 15 is 0 Å². The van der Waals surface area contributed by atoms with Crippen molar-refractivity contribution in [2.75, 3.05) is 46.0 Å². The smallest absolute Gasteiger partial charge is 0.0700 e. The predicted molar refractivity (Wildman–Crippen MR) is 63.4 cm³/mol. The fraction of sp³-hybridized carbons (Fsp3) is 1.00. The average molecular weight is 228 g/mol. The molecule has 94 valence electrons. The quantitative estimate of drug-likeness (QED) is 0.759. The normalized spacial score (nSPS) is 36.8. The summed E-state index contributed by atoms with van der Waals surface area (Å²) in [4.78, 5) is 2.50. The van der Waals surface area contributed by atoms with Crippen LogP contribution in [0.1, 0.15) is 19.8 Å². The molecular weight excluding hydrogens is 204 g/mol. The molecule has 0 spiro atoms. The molecule has 4 nitrogen and oxygen atoms in total. The summed E-state index contributed by atoms with van der Waals surface area (Å²) in [5.41, 5.74) is 6.12. The van der Waals surface area contributed by atoms with Crippen LogP contribution in [0.15, 0.2) is 0 Å². The van der Waals surface area contributed by atoms with Crippen LogP contribution in [0.4, 0.5) is 0 Å². The third-order valence-corrected chi connectivity index (χ3v) is 3.86. The number of morpholine rings is 1. The first-order chi connectivity index (χ1) is 7.78. The Morgan fingerprint density at radius 1 is 1.44 bits per heavy atom. The van der Waals surface area contributed by atoms with Gasteiger partial charge in [-0.15, -0.1) is 0 Å². The van der Waals surface area contributed by atoms with Crippen LogP contribution < -0.4 is 5.73 Å². The van der Waals surface area contributed by atoms with Crippen LogP contribution in [0.5, 0.6) is 0 Å². The minimum Gasteiger partial charge on any atom is -0.381 e. The van der Waals surface area contributed by atoms with E-state index < -0.39 is 0 Å². The van der Waals surface area contributed by atoms with Gasteiger partial charge in [0.1, 0.15) is 0 Å². The van der Waals surface area contributed by atoms with Gasteiger partial charge in [0.25, 0.3) is 0 Å². The first-order valence-electron chi connectivity index (χ1n) is 6.40. The van der Waals surface area contributed by atoms with E-state index in [1.165, 1.54) is 0 Å². The van der Waals surface area contributed by atoms with Gasteiger partial charge >= 0.3 is 0 Å². The fourth-order valence-electron chi connectivity index (χ4n) is 2.65. The van der Waals surface area contributed by atoms with Gasteiger partial charge in [0.2, 0.25) is 0 Å². The van der Waals surface area contributed by atoms with E-state index in [1.807, 2.05) is 0 Å². The van der Waals surface area contributed by atoms with Crippen LogP contribution >= 0.6 is 0 Å². The van der Waals surface area contributed by atoms with E-state index in [2.05, 4.69) is 11.8 Å². The summed E-state index contributed by atoms with van der Waals surface area (Å²) in [6.07, 6.45) is 2.62. The Hall–Kier alpha value is -0.160. The molecule has 2 aliphatic heterocycles. The lowest BCUT2D eigenvalue weighted by Crippen LogP contribution is -2.49. The summed E-state index contributed by atoms with van der Waals surface area (Å²) >= 11 is 0. The molecule has 2 heterocycles. The lowest BCUT2D eigenvalue weighted by atomic mass is 9.86.